The molecule has 1 aromatic heterocycles. The molecule has 4 nitrogen and oxygen atoms in total. The van der Waals surface area contributed by atoms with Crippen LogP contribution in [-0.4, -0.2) is 23.7 Å². The molecule has 0 fully saturated rings. The Labute approximate surface area is 124 Å². The number of rotatable bonds is 3. The highest BCUT2D eigenvalue weighted by Crippen LogP contribution is 2.36. The van der Waals surface area contributed by atoms with Crippen LogP contribution in [0.3, 0.4) is 0 Å². The van der Waals surface area contributed by atoms with E-state index in [1.54, 1.807) is 25.1 Å². The molecule has 0 saturated carbocycles. The molecule has 108 valence electrons. The zero-order valence-corrected chi connectivity index (χ0v) is 12.3. The third kappa shape index (κ3) is 2.21. The van der Waals surface area contributed by atoms with Crippen LogP contribution in [0.2, 0.25) is 0 Å². The minimum Gasteiger partial charge on any atom is -0.505 e. The van der Waals surface area contributed by atoms with Gasteiger partial charge in [-0.3, -0.25) is 9.79 Å². The molecule has 2 heterocycles. The van der Waals surface area contributed by atoms with Crippen molar-refractivity contribution < 1.29 is 19.0 Å². The summed E-state index contributed by atoms with van der Waals surface area (Å²) in [6.07, 6.45) is 1.69. The van der Waals surface area contributed by atoms with E-state index < -0.39 is 17.4 Å². The lowest BCUT2D eigenvalue weighted by atomic mass is 9.92. The first-order chi connectivity index (χ1) is 10.0. The molecule has 0 aromatic carbocycles. The van der Waals surface area contributed by atoms with Gasteiger partial charge < -0.3 is 9.84 Å². The standard InChI is InChI=1S/C15H12FNO3S/c1-7-5-8-10(17-7)6-9(15(19)13(8)16)14(18)11-3-4-12(20-2)21-11/h3-5,19H,6H2,1-2H3. The number of halogens is 1. The molecule has 0 amide bonds. The van der Waals surface area contributed by atoms with Crippen molar-refractivity contribution in [2.24, 2.45) is 4.99 Å². The number of Topliss-reactive ketones (excluding diaryl/α,β-unsaturated/α-hetero) is 1. The number of aliphatic hydroxyl groups excluding tert-OH is 1. The molecule has 0 bridgehead atoms. The maximum atomic E-state index is 14.2. The average molecular weight is 305 g/mol. The Morgan fingerprint density at radius 3 is 2.90 bits per heavy atom. The Balaban J connectivity index is 2.00. The minimum atomic E-state index is -0.788. The summed E-state index contributed by atoms with van der Waals surface area (Å²) < 4.78 is 19.2. The number of aliphatic hydroxyl groups is 1. The summed E-state index contributed by atoms with van der Waals surface area (Å²) in [5, 5.41) is 10.6. The van der Waals surface area contributed by atoms with Crippen molar-refractivity contribution in [2.75, 3.05) is 7.11 Å². The summed E-state index contributed by atoms with van der Waals surface area (Å²) in [5.74, 6) is -1.78. The predicted molar refractivity (Wildman–Crippen MR) is 78.8 cm³/mol. The van der Waals surface area contributed by atoms with Gasteiger partial charge in [-0.1, -0.05) is 11.3 Å². The SMILES string of the molecule is COc1ccc(C(=O)C2=C(O)C(F)=C3C=C(C)N=C3C2)s1. The van der Waals surface area contributed by atoms with E-state index in [2.05, 4.69) is 4.99 Å². The van der Waals surface area contributed by atoms with Crippen LogP contribution in [0.25, 0.3) is 0 Å². The number of thiophene rings is 1. The topological polar surface area (TPSA) is 58.9 Å². The normalized spacial score (nSPS) is 17.7. The van der Waals surface area contributed by atoms with Crippen molar-refractivity contribution in [1.82, 2.24) is 0 Å². The van der Waals surface area contributed by atoms with Gasteiger partial charge in [0.2, 0.25) is 5.78 Å². The fourth-order valence-electron chi connectivity index (χ4n) is 2.32. The molecule has 6 heteroatoms. The first-order valence-corrected chi connectivity index (χ1v) is 7.10. The van der Waals surface area contributed by atoms with E-state index in [9.17, 15) is 14.3 Å². The van der Waals surface area contributed by atoms with Gasteiger partial charge >= 0.3 is 0 Å². The Hall–Kier alpha value is -2.21. The second-order valence-corrected chi connectivity index (χ2v) is 5.77. The number of ketones is 1. The maximum Gasteiger partial charge on any atom is 0.203 e. The van der Waals surface area contributed by atoms with Crippen LogP contribution in [0, 0.1) is 0 Å². The number of fused-ring (bicyclic) bond motifs is 1. The smallest absolute Gasteiger partial charge is 0.203 e. The molecular formula is C15H12FNO3S. The molecule has 21 heavy (non-hydrogen) atoms. The number of aliphatic imine (C=N–C) groups is 1. The van der Waals surface area contributed by atoms with Crippen molar-refractivity contribution in [3.63, 3.8) is 0 Å². The van der Waals surface area contributed by atoms with Crippen molar-refractivity contribution in [2.45, 2.75) is 13.3 Å². The van der Waals surface area contributed by atoms with Gasteiger partial charge in [-0.2, -0.15) is 0 Å². The first-order valence-electron chi connectivity index (χ1n) is 6.28. The van der Waals surface area contributed by atoms with Crippen LogP contribution in [0.15, 0.2) is 51.6 Å². The third-order valence-electron chi connectivity index (χ3n) is 3.33. The Bertz CT molecular complexity index is 768. The number of hydrogen-bond acceptors (Lipinski definition) is 5. The molecule has 0 radical (unpaired) electrons. The fourth-order valence-corrected chi connectivity index (χ4v) is 3.11. The lowest BCUT2D eigenvalue weighted by Crippen LogP contribution is -2.16. The minimum absolute atomic E-state index is 0.0302. The lowest BCUT2D eigenvalue weighted by molar-refractivity contribution is 0.103. The van der Waals surface area contributed by atoms with E-state index in [-0.39, 0.29) is 17.6 Å². The lowest BCUT2D eigenvalue weighted by Gasteiger charge is -2.15. The zero-order chi connectivity index (χ0) is 15.1. The summed E-state index contributed by atoms with van der Waals surface area (Å²) in [4.78, 5) is 17.0. The van der Waals surface area contributed by atoms with Gasteiger partial charge in [-0.25, -0.2) is 4.39 Å². The van der Waals surface area contributed by atoms with Crippen molar-refractivity contribution >= 4 is 22.8 Å². The molecule has 0 spiro atoms. The highest BCUT2D eigenvalue weighted by molar-refractivity contribution is 7.16. The number of hydrogen-bond donors (Lipinski definition) is 1. The van der Waals surface area contributed by atoms with Gasteiger partial charge in [0.05, 0.1) is 23.3 Å². The molecule has 2 aliphatic rings. The second-order valence-electron chi connectivity index (χ2n) is 4.73. The van der Waals surface area contributed by atoms with E-state index in [0.29, 0.717) is 21.3 Å². The van der Waals surface area contributed by atoms with E-state index >= 15 is 0 Å². The Morgan fingerprint density at radius 1 is 1.48 bits per heavy atom. The molecular weight excluding hydrogens is 293 g/mol. The summed E-state index contributed by atoms with van der Waals surface area (Å²) >= 11 is 1.16. The van der Waals surface area contributed by atoms with Gasteiger partial charge in [0, 0.05) is 17.7 Å². The summed E-state index contributed by atoms with van der Waals surface area (Å²) in [5.41, 5.74) is 1.44. The zero-order valence-electron chi connectivity index (χ0n) is 11.4. The van der Waals surface area contributed by atoms with Crippen LogP contribution >= 0.6 is 11.3 Å². The van der Waals surface area contributed by atoms with E-state index in [1.165, 1.54) is 7.11 Å². The first kappa shape index (κ1) is 13.8. The van der Waals surface area contributed by atoms with Crippen LogP contribution < -0.4 is 4.74 Å². The van der Waals surface area contributed by atoms with Crippen LogP contribution in [-0.2, 0) is 0 Å². The quantitative estimate of drug-likeness (QED) is 0.865. The van der Waals surface area contributed by atoms with Gasteiger partial charge in [-0.15, -0.1) is 0 Å². The highest BCUT2D eigenvalue weighted by atomic mass is 32.1. The van der Waals surface area contributed by atoms with Gasteiger partial charge in [0.15, 0.2) is 16.6 Å². The van der Waals surface area contributed by atoms with Crippen molar-refractivity contribution in [3.05, 3.63) is 51.5 Å². The predicted octanol–water partition coefficient (Wildman–Crippen LogP) is 3.74. The molecule has 1 aromatic rings. The van der Waals surface area contributed by atoms with E-state index in [1.807, 2.05) is 0 Å². The van der Waals surface area contributed by atoms with Gasteiger partial charge in [0.25, 0.3) is 0 Å². The Kier molecular flexibility index (Phi) is 3.25. The highest BCUT2D eigenvalue weighted by Gasteiger charge is 2.32. The molecule has 1 N–H and O–H groups in total. The number of methoxy groups -OCH3 is 1. The molecule has 0 unspecified atom stereocenters. The van der Waals surface area contributed by atoms with Gasteiger partial charge in [0.1, 0.15) is 0 Å². The third-order valence-corrected chi connectivity index (χ3v) is 4.38. The summed E-state index contributed by atoms with van der Waals surface area (Å²) in [6.45, 7) is 1.74. The largest absolute Gasteiger partial charge is 0.505 e. The molecule has 0 atom stereocenters. The monoisotopic (exact) mass is 305 g/mol. The van der Waals surface area contributed by atoms with Crippen LogP contribution in [0.1, 0.15) is 23.0 Å². The summed E-state index contributed by atoms with van der Waals surface area (Å²) in [7, 11) is 1.51. The van der Waals surface area contributed by atoms with Crippen molar-refractivity contribution in [1.29, 1.82) is 0 Å². The fraction of sp³-hybridized carbons (Fsp3) is 0.200. The Morgan fingerprint density at radius 2 is 2.24 bits per heavy atom. The number of nitrogens with zero attached hydrogens (tertiary/aromatic N) is 1. The number of ether oxygens (including phenoxy) is 1. The molecule has 3 rings (SSSR count). The van der Waals surface area contributed by atoms with E-state index in [0.717, 1.165) is 11.3 Å². The average Bonchev–Trinajstić information content (AvgIpc) is 3.08. The van der Waals surface area contributed by atoms with Crippen molar-refractivity contribution in [3.8, 4) is 5.06 Å². The molecule has 1 aliphatic heterocycles. The van der Waals surface area contributed by atoms with Crippen LogP contribution in [0.5, 0.6) is 5.06 Å². The number of carbonyl (C=O) groups is 1. The molecule has 1 aliphatic carbocycles. The van der Waals surface area contributed by atoms with Crippen LogP contribution in [0.4, 0.5) is 4.39 Å². The number of allylic oxidation sites excluding steroid dienone is 5. The second kappa shape index (κ2) is 4.96. The molecule has 0 saturated heterocycles. The number of carbonyl (C=O) groups excluding carboxylic acids is 1. The van der Waals surface area contributed by atoms with E-state index in [4.69, 9.17) is 4.74 Å². The summed E-state index contributed by atoms with van der Waals surface area (Å²) in [6, 6.07) is 3.26. The maximum absolute atomic E-state index is 14.2. The van der Waals surface area contributed by atoms with Gasteiger partial charge in [-0.05, 0) is 25.1 Å².